The highest BCUT2D eigenvalue weighted by Gasteiger charge is 2.14. The van der Waals surface area contributed by atoms with Gasteiger partial charge in [-0.25, -0.2) is 0 Å². The molecule has 0 aliphatic rings. The molecule has 5 nitrogen and oxygen atoms in total. The molecule has 0 bridgehead atoms. The topological polar surface area (TPSA) is 72.5 Å². The fourth-order valence-corrected chi connectivity index (χ4v) is 2.87. The van der Waals surface area contributed by atoms with Gasteiger partial charge in [-0.05, 0) is 19.1 Å². The van der Waals surface area contributed by atoms with Crippen LogP contribution in [0, 0.1) is 6.92 Å². The molecule has 2 aromatic rings. The SMILES string of the molecule is Cc1ccc(C(=O)CCC(=O)OCC(=O)Nc2ccccc2SC(F)F)cc1. The summed E-state index contributed by atoms with van der Waals surface area (Å²) in [4.78, 5) is 35.9. The van der Waals surface area contributed by atoms with Crippen molar-refractivity contribution in [1.29, 1.82) is 0 Å². The highest BCUT2D eigenvalue weighted by molar-refractivity contribution is 7.99. The maximum atomic E-state index is 12.5. The summed E-state index contributed by atoms with van der Waals surface area (Å²) in [6.45, 7) is 1.34. The van der Waals surface area contributed by atoms with Crippen LogP contribution in [0.1, 0.15) is 28.8 Å². The second-order valence-corrected chi connectivity index (χ2v) is 6.90. The third kappa shape index (κ3) is 7.11. The number of carbonyl (C=O) groups excluding carboxylic acids is 3. The van der Waals surface area contributed by atoms with E-state index in [1.165, 1.54) is 12.1 Å². The molecule has 0 aliphatic carbocycles. The molecule has 2 rings (SSSR count). The molecule has 0 aromatic heterocycles. The molecule has 28 heavy (non-hydrogen) atoms. The number of hydrogen-bond donors (Lipinski definition) is 1. The van der Waals surface area contributed by atoms with Crippen LogP contribution in [-0.4, -0.2) is 30.0 Å². The van der Waals surface area contributed by atoms with Crippen molar-refractivity contribution in [2.45, 2.75) is 30.4 Å². The van der Waals surface area contributed by atoms with Gasteiger partial charge in [0.2, 0.25) is 0 Å². The molecule has 0 unspecified atom stereocenters. The lowest BCUT2D eigenvalue weighted by molar-refractivity contribution is -0.147. The Hall–Kier alpha value is -2.74. The number of hydrogen-bond acceptors (Lipinski definition) is 5. The highest BCUT2D eigenvalue weighted by Crippen LogP contribution is 2.31. The Labute approximate surface area is 165 Å². The number of ketones is 1. The molecular weight excluding hydrogens is 388 g/mol. The molecule has 0 fully saturated rings. The first-order valence-electron chi connectivity index (χ1n) is 8.44. The van der Waals surface area contributed by atoms with Gasteiger partial charge in [-0.2, -0.15) is 8.78 Å². The third-order valence-corrected chi connectivity index (χ3v) is 4.46. The predicted octanol–water partition coefficient (Wildman–Crippen LogP) is 4.45. The zero-order valence-corrected chi connectivity index (χ0v) is 15.9. The second-order valence-electron chi connectivity index (χ2n) is 5.87. The molecule has 0 radical (unpaired) electrons. The van der Waals surface area contributed by atoms with Crippen molar-refractivity contribution in [3.8, 4) is 0 Å². The van der Waals surface area contributed by atoms with Gasteiger partial charge < -0.3 is 10.1 Å². The van der Waals surface area contributed by atoms with Gasteiger partial charge in [0.15, 0.2) is 12.4 Å². The summed E-state index contributed by atoms with van der Waals surface area (Å²) >= 11 is 0.308. The van der Waals surface area contributed by atoms with E-state index in [0.717, 1.165) is 5.56 Å². The van der Waals surface area contributed by atoms with Crippen molar-refractivity contribution in [3.63, 3.8) is 0 Å². The molecule has 0 spiro atoms. The Bertz CT molecular complexity index is 840. The van der Waals surface area contributed by atoms with E-state index in [-0.39, 0.29) is 29.2 Å². The number of aryl methyl sites for hydroxylation is 1. The Kier molecular flexibility index (Phi) is 8.13. The van der Waals surface area contributed by atoms with Crippen LogP contribution in [0.2, 0.25) is 0 Å². The van der Waals surface area contributed by atoms with Crippen LogP contribution in [0.25, 0.3) is 0 Å². The molecule has 0 saturated heterocycles. The lowest BCUT2D eigenvalue weighted by Crippen LogP contribution is -2.21. The summed E-state index contributed by atoms with van der Waals surface area (Å²) in [6.07, 6.45) is -0.185. The van der Waals surface area contributed by atoms with E-state index >= 15 is 0 Å². The molecular formula is C20H19F2NO4S. The monoisotopic (exact) mass is 407 g/mol. The van der Waals surface area contributed by atoms with Gasteiger partial charge in [0, 0.05) is 16.9 Å². The van der Waals surface area contributed by atoms with Crippen LogP contribution in [0.3, 0.4) is 0 Å². The van der Waals surface area contributed by atoms with Crippen LogP contribution in [-0.2, 0) is 14.3 Å². The van der Waals surface area contributed by atoms with Gasteiger partial charge in [-0.3, -0.25) is 14.4 Å². The van der Waals surface area contributed by atoms with E-state index in [4.69, 9.17) is 4.74 Å². The Balaban J connectivity index is 1.77. The van der Waals surface area contributed by atoms with Crippen LogP contribution < -0.4 is 5.32 Å². The van der Waals surface area contributed by atoms with Gasteiger partial charge in [0.25, 0.3) is 11.7 Å². The van der Waals surface area contributed by atoms with Gasteiger partial charge in [0.05, 0.1) is 12.1 Å². The number of alkyl halides is 2. The minimum Gasteiger partial charge on any atom is -0.456 e. The van der Waals surface area contributed by atoms with E-state index in [0.29, 0.717) is 17.3 Å². The first-order valence-corrected chi connectivity index (χ1v) is 9.32. The minimum atomic E-state index is -2.62. The van der Waals surface area contributed by atoms with E-state index in [1.807, 2.05) is 6.92 Å². The smallest absolute Gasteiger partial charge is 0.306 e. The Morgan fingerprint density at radius 1 is 1.04 bits per heavy atom. The van der Waals surface area contributed by atoms with E-state index in [9.17, 15) is 23.2 Å². The summed E-state index contributed by atoms with van der Waals surface area (Å²) in [5.41, 5.74) is 1.74. The van der Waals surface area contributed by atoms with Gasteiger partial charge in [0.1, 0.15) is 0 Å². The predicted molar refractivity (Wildman–Crippen MR) is 103 cm³/mol. The standard InChI is InChI=1S/C20H19F2NO4S/c1-13-6-8-14(9-7-13)16(24)10-11-19(26)27-12-18(25)23-15-4-2-3-5-17(15)28-20(21)22/h2-9,20H,10-12H2,1H3,(H,23,25). The van der Waals surface area contributed by atoms with Gasteiger partial charge in [-0.15, -0.1) is 0 Å². The number of para-hydroxylation sites is 1. The number of amides is 1. The number of nitrogens with one attached hydrogen (secondary N) is 1. The number of thioether (sulfide) groups is 1. The molecule has 0 saturated carbocycles. The Morgan fingerprint density at radius 3 is 2.39 bits per heavy atom. The van der Waals surface area contributed by atoms with Gasteiger partial charge in [-0.1, -0.05) is 53.7 Å². The van der Waals surface area contributed by atoms with Crippen molar-refractivity contribution in [2.24, 2.45) is 0 Å². The van der Waals surface area contributed by atoms with Crippen LogP contribution in [0.15, 0.2) is 53.4 Å². The quantitative estimate of drug-likeness (QED) is 0.378. The molecule has 0 aliphatic heterocycles. The number of ether oxygens (including phenoxy) is 1. The number of halogens is 2. The summed E-state index contributed by atoms with van der Waals surface area (Å²) in [5.74, 6) is -4.16. The lowest BCUT2D eigenvalue weighted by atomic mass is 10.1. The van der Waals surface area contributed by atoms with Crippen molar-refractivity contribution >= 4 is 35.1 Å². The normalized spacial score (nSPS) is 10.6. The van der Waals surface area contributed by atoms with Crippen LogP contribution in [0.5, 0.6) is 0 Å². The summed E-state index contributed by atoms with van der Waals surface area (Å²) < 4.78 is 29.9. The maximum Gasteiger partial charge on any atom is 0.306 e. The number of esters is 1. The zero-order chi connectivity index (χ0) is 20.5. The molecule has 2 aromatic carbocycles. The first kappa shape index (κ1) is 21.6. The summed E-state index contributed by atoms with van der Waals surface area (Å²) in [5, 5.41) is 2.43. The number of carbonyl (C=O) groups is 3. The number of benzene rings is 2. The fraction of sp³-hybridized carbons (Fsp3) is 0.250. The van der Waals surface area contributed by atoms with E-state index in [2.05, 4.69) is 5.32 Å². The minimum absolute atomic E-state index is 0.0304. The number of Topliss-reactive ketones (excluding diaryl/α,β-unsaturated/α-hetero) is 1. The molecule has 1 N–H and O–H groups in total. The van der Waals surface area contributed by atoms with Crippen LogP contribution >= 0.6 is 11.8 Å². The number of rotatable bonds is 9. The van der Waals surface area contributed by atoms with Crippen molar-refractivity contribution in [1.82, 2.24) is 0 Å². The molecule has 148 valence electrons. The average Bonchev–Trinajstić information content (AvgIpc) is 2.66. The summed E-state index contributed by atoms with van der Waals surface area (Å²) in [6, 6.07) is 13.1. The molecule has 1 amide bonds. The summed E-state index contributed by atoms with van der Waals surface area (Å²) in [7, 11) is 0. The van der Waals surface area contributed by atoms with E-state index < -0.39 is 24.2 Å². The second kappa shape index (κ2) is 10.6. The highest BCUT2D eigenvalue weighted by atomic mass is 32.2. The zero-order valence-electron chi connectivity index (χ0n) is 15.1. The Morgan fingerprint density at radius 2 is 1.71 bits per heavy atom. The van der Waals surface area contributed by atoms with E-state index in [1.54, 1.807) is 36.4 Å². The average molecular weight is 407 g/mol. The lowest BCUT2D eigenvalue weighted by Gasteiger charge is -2.10. The molecule has 0 heterocycles. The molecule has 8 heteroatoms. The maximum absolute atomic E-state index is 12.5. The number of anilines is 1. The van der Waals surface area contributed by atoms with Crippen molar-refractivity contribution in [3.05, 3.63) is 59.7 Å². The third-order valence-electron chi connectivity index (χ3n) is 3.67. The van der Waals surface area contributed by atoms with Gasteiger partial charge >= 0.3 is 5.97 Å². The van der Waals surface area contributed by atoms with Crippen molar-refractivity contribution in [2.75, 3.05) is 11.9 Å². The van der Waals surface area contributed by atoms with Crippen molar-refractivity contribution < 1.29 is 27.9 Å². The van der Waals surface area contributed by atoms with Crippen LogP contribution in [0.4, 0.5) is 14.5 Å². The first-order chi connectivity index (χ1) is 13.3. The largest absolute Gasteiger partial charge is 0.456 e. The molecule has 0 atom stereocenters. The fourth-order valence-electron chi connectivity index (χ4n) is 2.27.